The molecule has 4 heteroatoms. The van der Waals surface area contributed by atoms with Gasteiger partial charge in [0.25, 0.3) is 0 Å². The normalized spacial score (nSPS) is 22.5. The van der Waals surface area contributed by atoms with Gasteiger partial charge in [0, 0.05) is 4.90 Å². The summed E-state index contributed by atoms with van der Waals surface area (Å²) in [6.07, 6.45) is 8.28. The molecular weight excluding hydrogens is 268 g/mol. The molecule has 1 aliphatic rings. The van der Waals surface area contributed by atoms with Crippen LogP contribution >= 0.6 is 11.8 Å². The average molecular weight is 292 g/mol. The van der Waals surface area contributed by atoms with Gasteiger partial charge in [-0.05, 0) is 43.6 Å². The Morgan fingerprint density at radius 2 is 2.25 bits per heavy atom. The maximum absolute atomic E-state index is 7.80. The first-order valence-electron chi connectivity index (χ1n) is 7.33. The Morgan fingerprint density at radius 3 is 2.90 bits per heavy atom. The van der Waals surface area contributed by atoms with Crippen LogP contribution in [-0.4, -0.2) is 18.2 Å². The third-order valence-electron chi connectivity index (χ3n) is 4.08. The van der Waals surface area contributed by atoms with E-state index in [9.17, 15) is 0 Å². The summed E-state index contributed by atoms with van der Waals surface area (Å²) in [5.74, 6) is 1.64. The zero-order valence-electron chi connectivity index (χ0n) is 12.3. The van der Waals surface area contributed by atoms with Crippen LogP contribution in [0.3, 0.4) is 0 Å². The smallest absolute Gasteiger partial charge is 0.131 e. The molecule has 1 saturated carbocycles. The summed E-state index contributed by atoms with van der Waals surface area (Å²) in [6, 6.07) is 5.91. The quantitative estimate of drug-likeness (QED) is 0.489. The van der Waals surface area contributed by atoms with Gasteiger partial charge in [-0.25, -0.2) is 0 Å². The summed E-state index contributed by atoms with van der Waals surface area (Å²) in [4.78, 5) is 1.01. The van der Waals surface area contributed by atoms with Gasteiger partial charge in [-0.1, -0.05) is 25.8 Å². The Kier molecular flexibility index (Phi) is 5.35. The summed E-state index contributed by atoms with van der Waals surface area (Å²) < 4.78 is 6.19. The summed E-state index contributed by atoms with van der Waals surface area (Å²) in [5, 5.41) is 7.80. The highest BCUT2D eigenvalue weighted by Gasteiger charge is 2.23. The van der Waals surface area contributed by atoms with Crippen LogP contribution in [0.15, 0.2) is 23.1 Å². The number of ether oxygens (including phenoxy) is 1. The molecule has 1 aliphatic carbocycles. The lowest BCUT2D eigenvalue weighted by atomic mass is 9.85. The molecule has 0 bridgehead atoms. The minimum atomic E-state index is 0.0906. The van der Waals surface area contributed by atoms with Crippen LogP contribution in [0.5, 0.6) is 5.75 Å². The van der Waals surface area contributed by atoms with Crippen LogP contribution in [0.4, 0.5) is 0 Å². The molecule has 3 N–H and O–H groups in total. The molecule has 0 aromatic heterocycles. The fraction of sp³-hybridized carbons (Fsp3) is 0.562. The van der Waals surface area contributed by atoms with E-state index >= 15 is 0 Å². The van der Waals surface area contributed by atoms with Crippen LogP contribution in [0.2, 0.25) is 0 Å². The van der Waals surface area contributed by atoms with Crippen molar-refractivity contribution >= 4 is 17.6 Å². The van der Waals surface area contributed by atoms with Crippen molar-refractivity contribution in [3.8, 4) is 5.75 Å². The lowest BCUT2D eigenvalue weighted by Crippen LogP contribution is -2.26. The highest BCUT2D eigenvalue weighted by molar-refractivity contribution is 7.98. The molecule has 1 fully saturated rings. The van der Waals surface area contributed by atoms with E-state index in [1.807, 2.05) is 24.5 Å². The predicted octanol–water partition coefficient (Wildman–Crippen LogP) is 4.04. The monoisotopic (exact) mass is 292 g/mol. The minimum absolute atomic E-state index is 0.0906. The second-order valence-corrected chi connectivity index (χ2v) is 6.28. The van der Waals surface area contributed by atoms with Gasteiger partial charge in [-0.2, -0.15) is 0 Å². The number of nitrogen functional groups attached to an aromatic ring is 1. The third kappa shape index (κ3) is 3.48. The molecule has 2 unspecified atom stereocenters. The number of thioether (sulfide) groups is 1. The number of nitrogens with one attached hydrogen (secondary N) is 1. The van der Waals surface area contributed by atoms with Gasteiger partial charge in [0.2, 0.25) is 0 Å². The molecule has 2 rings (SSSR count). The molecule has 0 heterocycles. The standard InChI is InChI=1S/C16H24N2OS/c1-3-11-6-4-7-12(10-11)19-13-8-5-9-14(20-2)15(13)16(17)18/h5,8-9,11-12H,3-4,6-7,10H2,1-2H3,(H3,17,18). The van der Waals surface area contributed by atoms with Crippen molar-refractivity contribution in [2.24, 2.45) is 11.7 Å². The molecule has 0 aliphatic heterocycles. The van der Waals surface area contributed by atoms with E-state index in [0.717, 1.165) is 35.0 Å². The molecule has 0 spiro atoms. The second kappa shape index (κ2) is 7.02. The maximum Gasteiger partial charge on any atom is 0.131 e. The van der Waals surface area contributed by atoms with Crippen molar-refractivity contribution in [1.82, 2.24) is 0 Å². The Labute approximate surface area is 125 Å². The van der Waals surface area contributed by atoms with E-state index in [4.69, 9.17) is 15.9 Å². The summed E-state index contributed by atoms with van der Waals surface area (Å²) in [5.41, 5.74) is 6.49. The van der Waals surface area contributed by atoms with Crippen molar-refractivity contribution in [2.75, 3.05) is 6.26 Å². The first-order chi connectivity index (χ1) is 9.65. The van der Waals surface area contributed by atoms with Crippen LogP contribution in [0.1, 0.15) is 44.6 Å². The topological polar surface area (TPSA) is 59.1 Å². The molecule has 0 amide bonds. The van der Waals surface area contributed by atoms with E-state index in [0.29, 0.717) is 0 Å². The Morgan fingerprint density at radius 1 is 1.45 bits per heavy atom. The zero-order chi connectivity index (χ0) is 14.5. The Bertz CT molecular complexity index is 476. The zero-order valence-corrected chi connectivity index (χ0v) is 13.1. The van der Waals surface area contributed by atoms with Crippen LogP contribution < -0.4 is 10.5 Å². The number of rotatable bonds is 5. The first kappa shape index (κ1) is 15.2. The van der Waals surface area contributed by atoms with Gasteiger partial charge in [0.05, 0.1) is 11.7 Å². The van der Waals surface area contributed by atoms with Crippen molar-refractivity contribution in [3.63, 3.8) is 0 Å². The Hall–Kier alpha value is -1.16. The van der Waals surface area contributed by atoms with E-state index in [-0.39, 0.29) is 11.9 Å². The largest absolute Gasteiger partial charge is 0.490 e. The molecule has 0 saturated heterocycles. The molecule has 1 aromatic carbocycles. The molecule has 1 aromatic rings. The SMILES string of the molecule is CCC1CCCC(Oc2cccc(SC)c2C(=N)N)C1. The highest BCUT2D eigenvalue weighted by Crippen LogP contribution is 2.33. The van der Waals surface area contributed by atoms with Gasteiger partial charge >= 0.3 is 0 Å². The van der Waals surface area contributed by atoms with Gasteiger partial charge in [-0.15, -0.1) is 11.8 Å². The van der Waals surface area contributed by atoms with Gasteiger partial charge in [0.15, 0.2) is 0 Å². The van der Waals surface area contributed by atoms with E-state index in [1.165, 1.54) is 19.3 Å². The fourth-order valence-electron chi connectivity index (χ4n) is 2.94. The second-order valence-electron chi connectivity index (χ2n) is 5.43. The van der Waals surface area contributed by atoms with Gasteiger partial charge < -0.3 is 10.5 Å². The maximum atomic E-state index is 7.80. The number of nitrogens with two attached hydrogens (primary N) is 1. The lowest BCUT2D eigenvalue weighted by molar-refractivity contribution is 0.121. The van der Waals surface area contributed by atoms with Crippen molar-refractivity contribution in [3.05, 3.63) is 23.8 Å². The predicted molar refractivity (Wildman–Crippen MR) is 85.9 cm³/mol. The minimum Gasteiger partial charge on any atom is -0.490 e. The average Bonchev–Trinajstić information content (AvgIpc) is 2.46. The molecule has 20 heavy (non-hydrogen) atoms. The summed E-state index contributed by atoms with van der Waals surface area (Å²) in [6.45, 7) is 2.25. The number of amidine groups is 1. The molecule has 2 atom stereocenters. The molecular formula is C16H24N2OS. The van der Waals surface area contributed by atoms with Crippen LogP contribution in [0.25, 0.3) is 0 Å². The third-order valence-corrected chi connectivity index (χ3v) is 4.86. The van der Waals surface area contributed by atoms with E-state index in [2.05, 4.69) is 6.92 Å². The van der Waals surface area contributed by atoms with Crippen LogP contribution in [0, 0.1) is 11.3 Å². The number of hydrogen-bond acceptors (Lipinski definition) is 3. The number of hydrogen-bond donors (Lipinski definition) is 2. The molecule has 3 nitrogen and oxygen atoms in total. The highest BCUT2D eigenvalue weighted by atomic mass is 32.2. The molecule has 110 valence electrons. The van der Waals surface area contributed by atoms with Crippen molar-refractivity contribution in [1.29, 1.82) is 5.41 Å². The van der Waals surface area contributed by atoms with Crippen LogP contribution in [-0.2, 0) is 0 Å². The van der Waals surface area contributed by atoms with Crippen molar-refractivity contribution in [2.45, 2.75) is 50.0 Å². The lowest BCUT2D eigenvalue weighted by Gasteiger charge is -2.29. The van der Waals surface area contributed by atoms with Gasteiger partial charge in [-0.3, -0.25) is 5.41 Å². The molecule has 0 radical (unpaired) electrons. The van der Waals surface area contributed by atoms with Gasteiger partial charge in [0.1, 0.15) is 11.6 Å². The Balaban J connectivity index is 2.18. The number of benzene rings is 1. The van der Waals surface area contributed by atoms with Crippen molar-refractivity contribution < 1.29 is 4.74 Å². The van der Waals surface area contributed by atoms with E-state index in [1.54, 1.807) is 11.8 Å². The first-order valence-corrected chi connectivity index (χ1v) is 8.56. The summed E-state index contributed by atoms with van der Waals surface area (Å²) >= 11 is 1.60. The van der Waals surface area contributed by atoms with E-state index < -0.39 is 0 Å². The fourth-order valence-corrected chi connectivity index (χ4v) is 3.57. The summed E-state index contributed by atoms with van der Waals surface area (Å²) in [7, 11) is 0.